The van der Waals surface area contributed by atoms with Gasteiger partial charge in [0.15, 0.2) is 0 Å². The van der Waals surface area contributed by atoms with Crippen molar-refractivity contribution in [3.8, 4) is 0 Å². The van der Waals surface area contributed by atoms with Crippen LogP contribution >= 0.6 is 0 Å². The van der Waals surface area contributed by atoms with Crippen molar-refractivity contribution in [2.75, 3.05) is 13.2 Å². The summed E-state index contributed by atoms with van der Waals surface area (Å²) in [7, 11) is 0. The molecule has 1 N–H and O–H groups in total. The summed E-state index contributed by atoms with van der Waals surface area (Å²) in [6.07, 6.45) is 7.23. The summed E-state index contributed by atoms with van der Waals surface area (Å²) in [6.45, 7) is 4.38. The summed E-state index contributed by atoms with van der Waals surface area (Å²) in [6, 6.07) is 0.846. The Labute approximate surface area is 81.0 Å². The third-order valence-electron chi connectivity index (χ3n) is 3.39. The first-order chi connectivity index (χ1) is 6.34. The largest absolute Gasteiger partial charge is 0.378 e. The third-order valence-corrected chi connectivity index (χ3v) is 3.39. The highest BCUT2D eigenvalue weighted by Gasteiger charge is 2.22. The lowest BCUT2D eigenvalue weighted by Crippen LogP contribution is -2.40. The van der Waals surface area contributed by atoms with Crippen molar-refractivity contribution < 1.29 is 4.74 Å². The van der Waals surface area contributed by atoms with Crippen LogP contribution < -0.4 is 5.32 Å². The fourth-order valence-electron chi connectivity index (χ4n) is 2.22. The first-order valence-corrected chi connectivity index (χ1v) is 5.69. The zero-order valence-electron chi connectivity index (χ0n) is 8.59. The molecule has 1 aliphatic heterocycles. The normalized spacial score (nSPS) is 35.8. The first-order valence-electron chi connectivity index (χ1n) is 5.69. The Hall–Kier alpha value is -0.0800. The van der Waals surface area contributed by atoms with E-state index in [1.54, 1.807) is 0 Å². The molecule has 0 aromatic heterocycles. The average molecular weight is 183 g/mol. The molecule has 2 aliphatic rings. The molecular formula is C11H21NO. The van der Waals surface area contributed by atoms with E-state index >= 15 is 0 Å². The van der Waals surface area contributed by atoms with E-state index in [-0.39, 0.29) is 0 Å². The maximum atomic E-state index is 5.53. The van der Waals surface area contributed by atoms with Gasteiger partial charge in [-0.3, -0.25) is 0 Å². The molecule has 2 atom stereocenters. The topological polar surface area (TPSA) is 21.3 Å². The molecule has 0 amide bonds. The van der Waals surface area contributed by atoms with Gasteiger partial charge in [0.25, 0.3) is 0 Å². The van der Waals surface area contributed by atoms with E-state index in [0.29, 0.717) is 6.10 Å². The van der Waals surface area contributed by atoms with Crippen LogP contribution in [0.4, 0.5) is 0 Å². The molecule has 76 valence electrons. The molecule has 0 radical (unpaired) electrons. The molecule has 2 nitrogen and oxygen atoms in total. The van der Waals surface area contributed by atoms with Crippen LogP contribution in [0.1, 0.15) is 39.0 Å². The Bertz CT molecular complexity index is 156. The lowest BCUT2D eigenvalue weighted by molar-refractivity contribution is 0.00188. The maximum absolute atomic E-state index is 5.53. The minimum Gasteiger partial charge on any atom is -0.378 e. The van der Waals surface area contributed by atoms with Gasteiger partial charge in [-0.1, -0.05) is 6.42 Å². The number of hydrogen-bond acceptors (Lipinski definition) is 2. The van der Waals surface area contributed by atoms with Crippen LogP contribution in [-0.2, 0) is 4.74 Å². The van der Waals surface area contributed by atoms with Crippen molar-refractivity contribution in [2.45, 2.75) is 51.2 Å². The highest BCUT2D eigenvalue weighted by Crippen LogP contribution is 2.22. The van der Waals surface area contributed by atoms with Crippen molar-refractivity contribution in [1.82, 2.24) is 5.32 Å². The quantitative estimate of drug-likeness (QED) is 0.722. The van der Waals surface area contributed by atoms with Gasteiger partial charge in [-0.25, -0.2) is 0 Å². The summed E-state index contributed by atoms with van der Waals surface area (Å²) in [5.41, 5.74) is 0. The van der Waals surface area contributed by atoms with Gasteiger partial charge in [0.05, 0.1) is 6.10 Å². The average Bonchev–Trinajstić information content (AvgIpc) is 2.01. The van der Waals surface area contributed by atoms with Crippen LogP contribution in [0.15, 0.2) is 0 Å². The Morgan fingerprint density at radius 1 is 1.31 bits per heavy atom. The van der Waals surface area contributed by atoms with Gasteiger partial charge in [-0.2, -0.15) is 0 Å². The maximum Gasteiger partial charge on any atom is 0.0550 e. The summed E-state index contributed by atoms with van der Waals surface area (Å²) in [5, 5.41) is 3.65. The van der Waals surface area contributed by atoms with Crippen molar-refractivity contribution in [2.24, 2.45) is 5.92 Å². The Morgan fingerprint density at radius 2 is 2.15 bits per heavy atom. The van der Waals surface area contributed by atoms with E-state index in [2.05, 4.69) is 12.2 Å². The standard InChI is InChI=1S/C11H21NO/c1-9-7-10(5-6-13-9)8-12-11-3-2-4-11/h9-12H,2-8H2,1H3. The fraction of sp³-hybridized carbons (Fsp3) is 1.00. The highest BCUT2D eigenvalue weighted by atomic mass is 16.5. The molecule has 1 aliphatic carbocycles. The first kappa shape index (κ1) is 9.47. The molecule has 2 heteroatoms. The second kappa shape index (κ2) is 4.43. The van der Waals surface area contributed by atoms with Crippen LogP contribution in [0.2, 0.25) is 0 Å². The summed E-state index contributed by atoms with van der Waals surface area (Å²) in [4.78, 5) is 0. The van der Waals surface area contributed by atoms with Crippen molar-refractivity contribution in [3.63, 3.8) is 0 Å². The van der Waals surface area contributed by atoms with Crippen molar-refractivity contribution >= 4 is 0 Å². The predicted molar refractivity (Wildman–Crippen MR) is 53.8 cm³/mol. The van der Waals surface area contributed by atoms with E-state index < -0.39 is 0 Å². The molecule has 13 heavy (non-hydrogen) atoms. The van der Waals surface area contributed by atoms with Crippen LogP contribution in [0.3, 0.4) is 0 Å². The van der Waals surface area contributed by atoms with Gasteiger partial charge in [0, 0.05) is 12.6 Å². The zero-order valence-corrected chi connectivity index (χ0v) is 8.59. The van der Waals surface area contributed by atoms with E-state index in [1.165, 1.54) is 38.6 Å². The van der Waals surface area contributed by atoms with Gasteiger partial charge in [-0.05, 0) is 45.1 Å². The molecule has 2 fully saturated rings. The third kappa shape index (κ3) is 2.68. The Balaban J connectivity index is 1.62. The Kier molecular flexibility index (Phi) is 3.23. The fourth-order valence-corrected chi connectivity index (χ4v) is 2.22. The zero-order chi connectivity index (χ0) is 9.10. The molecule has 0 aromatic rings. The monoisotopic (exact) mass is 183 g/mol. The SMILES string of the molecule is CC1CC(CNC2CCC2)CCO1. The predicted octanol–water partition coefficient (Wildman–Crippen LogP) is 1.94. The van der Waals surface area contributed by atoms with Crippen LogP contribution in [-0.4, -0.2) is 25.3 Å². The molecule has 1 saturated carbocycles. The minimum atomic E-state index is 0.488. The molecule has 1 saturated heterocycles. The van der Waals surface area contributed by atoms with Crippen LogP contribution in [0.25, 0.3) is 0 Å². The molecule has 0 spiro atoms. The van der Waals surface area contributed by atoms with E-state index in [9.17, 15) is 0 Å². The summed E-state index contributed by atoms with van der Waals surface area (Å²) < 4.78 is 5.53. The smallest absolute Gasteiger partial charge is 0.0550 e. The molecule has 2 unspecified atom stereocenters. The molecule has 1 heterocycles. The molecule has 2 rings (SSSR count). The number of nitrogens with one attached hydrogen (secondary N) is 1. The lowest BCUT2D eigenvalue weighted by Gasteiger charge is -2.32. The van der Waals surface area contributed by atoms with Gasteiger partial charge >= 0.3 is 0 Å². The summed E-state index contributed by atoms with van der Waals surface area (Å²) >= 11 is 0. The number of hydrogen-bond donors (Lipinski definition) is 1. The number of ether oxygens (including phenoxy) is 1. The second-order valence-corrected chi connectivity index (χ2v) is 4.61. The van der Waals surface area contributed by atoms with E-state index in [4.69, 9.17) is 4.74 Å². The van der Waals surface area contributed by atoms with Gasteiger partial charge in [0.1, 0.15) is 0 Å². The molecular weight excluding hydrogens is 162 g/mol. The number of rotatable bonds is 3. The highest BCUT2D eigenvalue weighted by molar-refractivity contribution is 4.79. The lowest BCUT2D eigenvalue weighted by atomic mass is 9.91. The van der Waals surface area contributed by atoms with Crippen molar-refractivity contribution in [1.29, 1.82) is 0 Å². The van der Waals surface area contributed by atoms with E-state index in [0.717, 1.165) is 18.6 Å². The molecule has 0 bridgehead atoms. The van der Waals surface area contributed by atoms with Gasteiger partial charge < -0.3 is 10.1 Å². The Morgan fingerprint density at radius 3 is 2.77 bits per heavy atom. The van der Waals surface area contributed by atoms with E-state index in [1.807, 2.05) is 0 Å². The second-order valence-electron chi connectivity index (χ2n) is 4.61. The molecule has 0 aromatic carbocycles. The summed E-state index contributed by atoms with van der Waals surface area (Å²) in [5.74, 6) is 0.865. The van der Waals surface area contributed by atoms with Crippen LogP contribution in [0, 0.1) is 5.92 Å². The van der Waals surface area contributed by atoms with Crippen molar-refractivity contribution in [3.05, 3.63) is 0 Å². The van der Waals surface area contributed by atoms with Gasteiger partial charge in [-0.15, -0.1) is 0 Å². The minimum absolute atomic E-state index is 0.488. The van der Waals surface area contributed by atoms with Gasteiger partial charge in [0.2, 0.25) is 0 Å². The van der Waals surface area contributed by atoms with Crippen LogP contribution in [0.5, 0.6) is 0 Å².